The van der Waals surface area contributed by atoms with Gasteiger partial charge in [-0.2, -0.15) is 0 Å². The van der Waals surface area contributed by atoms with Crippen molar-refractivity contribution in [3.8, 4) is 5.75 Å². The summed E-state index contributed by atoms with van der Waals surface area (Å²) in [7, 11) is 5.45. The second-order valence-corrected chi connectivity index (χ2v) is 2.51. The SMILES string of the molecule is [B]c1c(O)ccc(Cl)c1C. The molecule has 0 spiro atoms. The fourth-order valence-corrected chi connectivity index (χ4v) is 0.852. The van der Waals surface area contributed by atoms with Gasteiger partial charge in [0.1, 0.15) is 13.6 Å². The van der Waals surface area contributed by atoms with Crippen molar-refractivity contribution in [1.82, 2.24) is 0 Å². The van der Waals surface area contributed by atoms with Gasteiger partial charge in [0.2, 0.25) is 0 Å². The van der Waals surface area contributed by atoms with E-state index in [4.69, 9.17) is 24.6 Å². The number of halogens is 1. The molecule has 0 amide bonds. The second-order valence-electron chi connectivity index (χ2n) is 2.11. The molecule has 0 unspecified atom stereocenters. The van der Waals surface area contributed by atoms with Crippen LogP contribution in [0.4, 0.5) is 0 Å². The Bertz CT molecular complexity index is 233. The first-order valence-electron chi connectivity index (χ1n) is 2.86. The minimum atomic E-state index is 0.0851. The molecule has 0 aliphatic heterocycles. The Kier molecular flexibility index (Phi) is 1.91. The maximum Gasteiger partial charge on any atom is 0.119 e. The standard InChI is InChI=1S/C7H6BClO/c1-4-5(9)2-3-6(10)7(4)8/h2-3,10H,1H3. The summed E-state index contributed by atoms with van der Waals surface area (Å²) >= 11 is 5.69. The molecule has 1 N–H and O–H groups in total. The third-order valence-corrected chi connectivity index (χ3v) is 1.84. The van der Waals surface area contributed by atoms with Crippen molar-refractivity contribution in [2.75, 3.05) is 0 Å². The molecule has 2 radical (unpaired) electrons. The quantitative estimate of drug-likeness (QED) is 0.553. The number of hydrogen-bond donors (Lipinski definition) is 1. The van der Waals surface area contributed by atoms with Crippen molar-refractivity contribution in [3.63, 3.8) is 0 Å². The van der Waals surface area contributed by atoms with Gasteiger partial charge >= 0.3 is 0 Å². The summed E-state index contributed by atoms with van der Waals surface area (Å²) in [5.41, 5.74) is 1.08. The molecule has 0 aromatic heterocycles. The van der Waals surface area contributed by atoms with Gasteiger partial charge in [-0.25, -0.2) is 0 Å². The van der Waals surface area contributed by atoms with E-state index in [1.165, 1.54) is 6.07 Å². The third-order valence-electron chi connectivity index (χ3n) is 1.43. The Morgan fingerprint density at radius 2 is 2.10 bits per heavy atom. The summed E-state index contributed by atoms with van der Waals surface area (Å²) in [5, 5.41) is 9.62. The Morgan fingerprint density at radius 1 is 1.50 bits per heavy atom. The van der Waals surface area contributed by atoms with Crippen LogP contribution in [0.2, 0.25) is 5.02 Å². The molecule has 1 aromatic rings. The first-order chi connectivity index (χ1) is 4.63. The van der Waals surface area contributed by atoms with Crippen LogP contribution in [0.15, 0.2) is 12.1 Å². The van der Waals surface area contributed by atoms with Gasteiger partial charge in [0, 0.05) is 5.02 Å². The summed E-state index contributed by atoms with van der Waals surface area (Å²) in [6.07, 6.45) is 0. The van der Waals surface area contributed by atoms with Gasteiger partial charge in [-0.15, -0.1) is 0 Å². The topological polar surface area (TPSA) is 20.2 Å². The fourth-order valence-electron chi connectivity index (χ4n) is 0.688. The summed E-state index contributed by atoms with van der Waals surface area (Å²) in [5.74, 6) is 0.0851. The molecule has 3 heteroatoms. The Morgan fingerprint density at radius 3 is 2.60 bits per heavy atom. The summed E-state index contributed by atoms with van der Waals surface area (Å²) in [6.45, 7) is 1.76. The minimum absolute atomic E-state index is 0.0851. The molecule has 0 atom stereocenters. The zero-order valence-electron chi connectivity index (χ0n) is 5.56. The Balaban J connectivity index is 3.34. The lowest BCUT2D eigenvalue weighted by Crippen LogP contribution is -2.07. The lowest BCUT2D eigenvalue weighted by atomic mass is 9.90. The fraction of sp³-hybridized carbons (Fsp3) is 0.143. The van der Waals surface area contributed by atoms with Crippen LogP contribution in [0.5, 0.6) is 5.75 Å². The van der Waals surface area contributed by atoms with Crippen molar-refractivity contribution in [2.24, 2.45) is 0 Å². The minimum Gasteiger partial charge on any atom is -0.509 e. The summed E-state index contributed by atoms with van der Waals surface area (Å²) in [6, 6.07) is 3.09. The highest BCUT2D eigenvalue weighted by Gasteiger charge is 2.00. The van der Waals surface area contributed by atoms with E-state index in [0.29, 0.717) is 10.5 Å². The maximum atomic E-state index is 9.04. The first kappa shape index (κ1) is 7.48. The lowest BCUT2D eigenvalue weighted by molar-refractivity contribution is 0.479. The number of phenols is 1. The smallest absolute Gasteiger partial charge is 0.119 e. The molecular weight excluding hydrogens is 146 g/mol. The van der Waals surface area contributed by atoms with E-state index >= 15 is 0 Å². The Labute approximate surface area is 66.0 Å². The van der Waals surface area contributed by atoms with Gasteiger partial charge in [0.15, 0.2) is 0 Å². The van der Waals surface area contributed by atoms with Crippen molar-refractivity contribution in [1.29, 1.82) is 0 Å². The van der Waals surface area contributed by atoms with Gasteiger partial charge < -0.3 is 5.11 Å². The van der Waals surface area contributed by atoms with Crippen molar-refractivity contribution in [2.45, 2.75) is 6.92 Å². The van der Waals surface area contributed by atoms with E-state index in [9.17, 15) is 0 Å². The van der Waals surface area contributed by atoms with Crippen LogP contribution in [0.3, 0.4) is 0 Å². The highest BCUT2D eigenvalue weighted by atomic mass is 35.5. The maximum absolute atomic E-state index is 9.04. The number of benzene rings is 1. The van der Waals surface area contributed by atoms with E-state index in [2.05, 4.69) is 0 Å². The van der Waals surface area contributed by atoms with Crippen LogP contribution in [-0.2, 0) is 0 Å². The predicted molar refractivity (Wildman–Crippen MR) is 43.2 cm³/mol. The predicted octanol–water partition coefficient (Wildman–Crippen LogP) is 1.15. The highest BCUT2D eigenvalue weighted by Crippen LogP contribution is 2.16. The van der Waals surface area contributed by atoms with Gasteiger partial charge in [-0.1, -0.05) is 17.1 Å². The molecule has 0 bridgehead atoms. The van der Waals surface area contributed by atoms with Crippen LogP contribution < -0.4 is 5.46 Å². The lowest BCUT2D eigenvalue weighted by Gasteiger charge is -2.03. The van der Waals surface area contributed by atoms with Gasteiger partial charge in [-0.3, -0.25) is 0 Å². The first-order valence-corrected chi connectivity index (χ1v) is 3.24. The molecule has 50 valence electrons. The monoisotopic (exact) mass is 152 g/mol. The van der Waals surface area contributed by atoms with Crippen molar-refractivity contribution < 1.29 is 5.11 Å². The molecule has 0 heterocycles. The van der Waals surface area contributed by atoms with Crippen LogP contribution >= 0.6 is 11.6 Å². The molecule has 0 fully saturated rings. The molecule has 0 aliphatic rings. The van der Waals surface area contributed by atoms with Crippen LogP contribution in [0, 0.1) is 6.92 Å². The Hall–Kier alpha value is -0.625. The van der Waals surface area contributed by atoms with E-state index in [-0.39, 0.29) is 5.75 Å². The summed E-state index contributed by atoms with van der Waals surface area (Å²) in [4.78, 5) is 0. The van der Waals surface area contributed by atoms with Crippen LogP contribution in [0.25, 0.3) is 0 Å². The van der Waals surface area contributed by atoms with E-state index in [0.717, 1.165) is 5.56 Å². The molecule has 0 saturated heterocycles. The molecule has 0 saturated carbocycles. The van der Waals surface area contributed by atoms with E-state index in [1.54, 1.807) is 13.0 Å². The largest absolute Gasteiger partial charge is 0.509 e. The number of hydrogen-bond acceptors (Lipinski definition) is 1. The summed E-state index contributed by atoms with van der Waals surface area (Å²) < 4.78 is 0. The number of rotatable bonds is 0. The van der Waals surface area contributed by atoms with Crippen molar-refractivity contribution >= 4 is 24.9 Å². The average molecular weight is 152 g/mol. The third kappa shape index (κ3) is 1.12. The molecule has 1 rings (SSSR count). The second kappa shape index (κ2) is 2.55. The van der Waals surface area contributed by atoms with Crippen molar-refractivity contribution in [3.05, 3.63) is 22.7 Å². The van der Waals surface area contributed by atoms with Crippen LogP contribution in [-0.4, -0.2) is 13.0 Å². The number of aromatic hydroxyl groups is 1. The highest BCUT2D eigenvalue weighted by molar-refractivity contribution is 6.39. The normalized spacial score (nSPS) is 9.80. The van der Waals surface area contributed by atoms with Crippen LogP contribution in [0.1, 0.15) is 5.56 Å². The average Bonchev–Trinajstić information content (AvgIpc) is 1.93. The number of phenolic OH excluding ortho intramolecular Hbond substituents is 1. The zero-order chi connectivity index (χ0) is 7.72. The molecule has 1 aromatic carbocycles. The molecule has 0 aliphatic carbocycles. The molecule has 10 heavy (non-hydrogen) atoms. The van der Waals surface area contributed by atoms with Gasteiger partial charge in [0.25, 0.3) is 0 Å². The molecule has 1 nitrogen and oxygen atoms in total. The van der Waals surface area contributed by atoms with Gasteiger partial charge in [0.05, 0.1) is 0 Å². The van der Waals surface area contributed by atoms with Gasteiger partial charge in [-0.05, 0) is 24.6 Å². The van der Waals surface area contributed by atoms with E-state index < -0.39 is 0 Å². The molecular formula is C7H6BClO. The van der Waals surface area contributed by atoms with E-state index in [1.807, 2.05) is 0 Å². The zero-order valence-corrected chi connectivity index (χ0v) is 6.31.